The summed E-state index contributed by atoms with van der Waals surface area (Å²) in [4.78, 5) is 25.4. The van der Waals surface area contributed by atoms with E-state index in [1.54, 1.807) is 20.2 Å². The predicted octanol–water partition coefficient (Wildman–Crippen LogP) is 2.22. The maximum absolute atomic E-state index is 11.8. The average Bonchev–Trinajstić information content (AvgIpc) is 3.09. The highest BCUT2D eigenvalue weighted by Gasteiger charge is 2.29. The van der Waals surface area contributed by atoms with Gasteiger partial charge < -0.3 is 21.1 Å². The zero-order valence-electron chi connectivity index (χ0n) is 16.3. The molecule has 1 fully saturated rings. The first-order valence-electron chi connectivity index (χ1n) is 9.47. The Balaban J connectivity index is 1.85. The Labute approximate surface area is 159 Å². The standard InChI is InChI=1S/C19H28N6O2/c1-10(2)22-17-16-13(8-15(24-17)11(3)26)9-21-19(25-16)23-14-6-5-12(7-14)18(27)20-4/h8-12,14,26H,5-7H2,1-4H3,(H,20,27)(H,22,24)(H,21,23,25)/t11-,12+,14-/m1/s1. The van der Waals surface area contributed by atoms with Crippen molar-refractivity contribution in [3.63, 3.8) is 0 Å². The molecule has 2 aromatic heterocycles. The quantitative estimate of drug-likeness (QED) is 0.615. The summed E-state index contributed by atoms with van der Waals surface area (Å²) < 4.78 is 0. The Morgan fingerprint density at radius 2 is 2.04 bits per heavy atom. The molecule has 8 heteroatoms. The van der Waals surface area contributed by atoms with Crippen LogP contribution in [0.25, 0.3) is 10.9 Å². The largest absolute Gasteiger partial charge is 0.387 e. The lowest BCUT2D eigenvalue weighted by atomic mass is 10.1. The Hall–Kier alpha value is -2.48. The fourth-order valence-corrected chi connectivity index (χ4v) is 3.46. The third kappa shape index (κ3) is 4.44. The van der Waals surface area contributed by atoms with Crippen LogP contribution in [0.2, 0.25) is 0 Å². The number of anilines is 2. The van der Waals surface area contributed by atoms with Gasteiger partial charge in [0.1, 0.15) is 5.52 Å². The zero-order chi connectivity index (χ0) is 19.6. The molecular weight excluding hydrogens is 344 g/mol. The van der Waals surface area contributed by atoms with Crippen molar-refractivity contribution in [1.82, 2.24) is 20.3 Å². The van der Waals surface area contributed by atoms with E-state index in [1.165, 1.54) is 0 Å². The number of rotatable bonds is 6. The third-order valence-corrected chi connectivity index (χ3v) is 4.82. The monoisotopic (exact) mass is 372 g/mol. The molecule has 0 radical (unpaired) electrons. The molecule has 1 aliphatic carbocycles. The number of amides is 1. The summed E-state index contributed by atoms with van der Waals surface area (Å²) in [6.45, 7) is 5.74. The summed E-state index contributed by atoms with van der Waals surface area (Å²) >= 11 is 0. The number of hydrogen-bond acceptors (Lipinski definition) is 7. The highest BCUT2D eigenvalue weighted by molar-refractivity contribution is 5.89. The molecule has 3 atom stereocenters. The zero-order valence-corrected chi connectivity index (χ0v) is 16.3. The van der Waals surface area contributed by atoms with Gasteiger partial charge in [0.15, 0.2) is 5.82 Å². The van der Waals surface area contributed by atoms with E-state index in [-0.39, 0.29) is 23.9 Å². The molecular formula is C19H28N6O2. The van der Waals surface area contributed by atoms with E-state index in [1.807, 2.05) is 19.9 Å². The second-order valence-corrected chi connectivity index (χ2v) is 7.47. The summed E-state index contributed by atoms with van der Waals surface area (Å²) in [5, 5.41) is 20.1. The normalized spacial score (nSPS) is 20.7. The Kier molecular flexibility index (Phi) is 5.74. The van der Waals surface area contributed by atoms with Crippen LogP contribution >= 0.6 is 0 Å². The Bertz CT molecular complexity index is 823. The average molecular weight is 372 g/mol. The fraction of sp³-hybridized carbons (Fsp3) is 0.579. The molecule has 0 spiro atoms. The van der Waals surface area contributed by atoms with Gasteiger partial charge in [-0.3, -0.25) is 4.79 Å². The number of carbonyl (C=O) groups excluding carboxylic acids is 1. The maximum atomic E-state index is 11.8. The van der Waals surface area contributed by atoms with Crippen molar-refractivity contribution in [1.29, 1.82) is 0 Å². The summed E-state index contributed by atoms with van der Waals surface area (Å²) in [7, 11) is 1.67. The topological polar surface area (TPSA) is 112 Å². The van der Waals surface area contributed by atoms with Gasteiger partial charge in [0.25, 0.3) is 0 Å². The number of carbonyl (C=O) groups is 1. The molecule has 27 heavy (non-hydrogen) atoms. The first-order valence-corrected chi connectivity index (χ1v) is 9.47. The number of fused-ring (bicyclic) bond motifs is 1. The lowest BCUT2D eigenvalue weighted by Crippen LogP contribution is -2.27. The van der Waals surface area contributed by atoms with Crippen LogP contribution in [-0.4, -0.2) is 45.1 Å². The van der Waals surface area contributed by atoms with Crippen molar-refractivity contribution in [2.24, 2.45) is 5.92 Å². The van der Waals surface area contributed by atoms with Crippen LogP contribution in [0.3, 0.4) is 0 Å². The highest BCUT2D eigenvalue weighted by Crippen LogP contribution is 2.29. The molecule has 2 heterocycles. The van der Waals surface area contributed by atoms with Gasteiger partial charge in [0.2, 0.25) is 11.9 Å². The minimum Gasteiger partial charge on any atom is -0.387 e. The van der Waals surface area contributed by atoms with Gasteiger partial charge in [-0.05, 0) is 46.1 Å². The van der Waals surface area contributed by atoms with Crippen molar-refractivity contribution in [2.75, 3.05) is 17.7 Å². The third-order valence-electron chi connectivity index (χ3n) is 4.82. The number of nitrogens with zero attached hydrogens (tertiary/aromatic N) is 3. The molecule has 0 saturated heterocycles. The maximum Gasteiger partial charge on any atom is 0.223 e. The molecule has 3 rings (SSSR count). The van der Waals surface area contributed by atoms with Crippen molar-refractivity contribution < 1.29 is 9.90 Å². The van der Waals surface area contributed by atoms with Gasteiger partial charge in [-0.1, -0.05) is 0 Å². The van der Waals surface area contributed by atoms with Crippen molar-refractivity contribution in [2.45, 2.75) is 58.2 Å². The predicted molar refractivity (Wildman–Crippen MR) is 106 cm³/mol. The van der Waals surface area contributed by atoms with Gasteiger partial charge in [-0.25, -0.2) is 15.0 Å². The van der Waals surface area contributed by atoms with Crippen LogP contribution in [-0.2, 0) is 4.79 Å². The minimum atomic E-state index is -0.667. The molecule has 4 N–H and O–H groups in total. The van der Waals surface area contributed by atoms with Gasteiger partial charge in [0.05, 0.1) is 11.8 Å². The van der Waals surface area contributed by atoms with E-state index in [4.69, 9.17) is 0 Å². The van der Waals surface area contributed by atoms with E-state index in [0.717, 1.165) is 24.6 Å². The van der Waals surface area contributed by atoms with Crippen LogP contribution in [0, 0.1) is 5.92 Å². The minimum absolute atomic E-state index is 0.0430. The van der Waals surface area contributed by atoms with E-state index in [0.29, 0.717) is 23.0 Å². The molecule has 1 saturated carbocycles. The molecule has 0 unspecified atom stereocenters. The smallest absolute Gasteiger partial charge is 0.223 e. The number of aromatic nitrogens is 3. The number of aliphatic hydroxyl groups is 1. The summed E-state index contributed by atoms with van der Waals surface area (Å²) in [6.07, 6.45) is 3.63. The molecule has 2 aromatic rings. The second kappa shape index (κ2) is 8.04. The molecule has 0 aromatic carbocycles. The molecule has 0 aliphatic heterocycles. The van der Waals surface area contributed by atoms with Crippen LogP contribution in [0.1, 0.15) is 51.8 Å². The molecule has 1 amide bonds. The number of hydrogen-bond donors (Lipinski definition) is 4. The first kappa shape index (κ1) is 19.3. The lowest BCUT2D eigenvalue weighted by molar-refractivity contribution is -0.124. The van der Waals surface area contributed by atoms with Gasteiger partial charge in [0, 0.05) is 36.6 Å². The van der Waals surface area contributed by atoms with Crippen LogP contribution < -0.4 is 16.0 Å². The van der Waals surface area contributed by atoms with Gasteiger partial charge in [-0.2, -0.15) is 0 Å². The Morgan fingerprint density at radius 3 is 2.70 bits per heavy atom. The number of nitrogens with one attached hydrogen (secondary N) is 3. The van der Waals surface area contributed by atoms with Gasteiger partial charge >= 0.3 is 0 Å². The van der Waals surface area contributed by atoms with Crippen LogP contribution in [0.5, 0.6) is 0 Å². The Morgan fingerprint density at radius 1 is 1.26 bits per heavy atom. The highest BCUT2D eigenvalue weighted by atomic mass is 16.3. The van der Waals surface area contributed by atoms with Crippen molar-refractivity contribution in [3.05, 3.63) is 18.0 Å². The van der Waals surface area contributed by atoms with Crippen molar-refractivity contribution in [3.8, 4) is 0 Å². The fourth-order valence-electron chi connectivity index (χ4n) is 3.46. The van der Waals surface area contributed by atoms with E-state index in [9.17, 15) is 9.90 Å². The van der Waals surface area contributed by atoms with Crippen molar-refractivity contribution >= 4 is 28.6 Å². The SMILES string of the molecule is CNC(=O)[C@H]1CC[C@@H](Nc2ncc3cc([C@@H](C)O)nc(NC(C)C)c3n2)C1. The van der Waals surface area contributed by atoms with E-state index in [2.05, 4.69) is 30.9 Å². The van der Waals surface area contributed by atoms with E-state index >= 15 is 0 Å². The summed E-state index contributed by atoms with van der Waals surface area (Å²) in [5.41, 5.74) is 1.30. The van der Waals surface area contributed by atoms with E-state index < -0.39 is 6.10 Å². The van der Waals surface area contributed by atoms with Crippen LogP contribution in [0.4, 0.5) is 11.8 Å². The molecule has 8 nitrogen and oxygen atoms in total. The molecule has 0 bridgehead atoms. The first-order chi connectivity index (χ1) is 12.9. The second-order valence-electron chi connectivity index (χ2n) is 7.47. The summed E-state index contributed by atoms with van der Waals surface area (Å²) in [5.74, 6) is 1.31. The molecule has 1 aliphatic rings. The van der Waals surface area contributed by atoms with Gasteiger partial charge in [-0.15, -0.1) is 0 Å². The number of pyridine rings is 1. The lowest BCUT2D eigenvalue weighted by Gasteiger charge is -2.16. The summed E-state index contributed by atoms with van der Waals surface area (Å²) in [6, 6.07) is 2.17. The molecule has 146 valence electrons. The number of aliphatic hydroxyl groups excluding tert-OH is 1. The van der Waals surface area contributed by atoms with Crippen LogP contribution in [0.15, 0.2) is 12.3 Å².